The molecular formula is C19H14F6NO. The van der Waals surface area contributed by atoms with E-state index in [0.717, 1.165) is 24.3 Å². The molecule has 0 saturated carbocycles. The van der Waals surface area contributed by atoms with Crippen molar-refractivity contribution in [1.82, 2.24) is 0 Å². The van der Waals surface area contributed by atoms with Crippen LogP contribution in [0.2, 0.25) is 0 Å². The normalized spacial score (nSPS) is 20.4. The Balaban J connectivity index is 1.97. The molecule has 0 spiro atoms. The van der Waals surface area contributed by atoms with Gasteiger partial charge in [0, 0.05) is 12.0 Å². The minimum absolute atomic E-state index is 0.0656. The molecule has 0 aliphatic carbocycles. The fourth-order valence-electron chi connectivity index (χ4n) is 3.03. The van der Waals surface area contributed by atoms with Crippen LogP contribution in [0.3, 0.4) is 0 Å². The zero-order chi connectivity index (χ0) is 20.0. The number of oxime groups is 1. The molecule has 0 aromatic heterocycles. The molecule has 0 fully saturated rings. The van der Waals surface area contributed by atoms with Gasteiger partial charge in [0.2, 0.25) is 0 Å². The van der Waals surface area contributed by atoms with Crippen molar-refractivity contribution in [3.8, 4) is 0 Å². The molecule has 27 heavy (non-hydrogen) atoms. The molecule has 3 rings (SSSR count). The van der Waals surface area contributed by atoms with E-state index in [1.807, 2.05) is 0 Å². The maximum atomic E-state index is 13.9. The molecule has 0 amide bonds. The van der Waals surface area contributed by atoms with Gasteiger partial charge >= 0.3 is 12.4 Å². The topological polar surface area (TPSA) is 21.6 Å². The SMILES string of the molecule is Cc1[c]c(C)cc(C2(C(F)(F)F)CC(c3ccc(C(F)(F)F)cc3)=NO2)c1. The lowest BCUT2D eigenvalue weighted by molar-refractivity contribution is -0.275. The van der Waals surface area contributed by atoms with E-state index in [4.69, 9.17) is 4.84 Å². The first kappa shape index (κ1) is 19.3. The predicted octanol–water partition coefficient (Wildman–Crippen LogP) is 5.70. The van der Waals surface area contributed by atoms with Crippen molar-refractivity contribution in [2.24, 2.45) is 5.16 Å². The number of hydrogen-bond acceptors (Lipinski definition) is 2. The van der Waals surface area contributed by atoms with Crippen molar-refractivity contribution in [1.29, 1.82) is 0 Å². The largest absolute Gasteiger partial charge is 0.435 e. The molecule has 2 aromatic rings. The Morgan fingerprint density at radius 3 is 2.00 bits per heavy atom. The van der Waals surface area contributed by atoms with Crippen LogP contribution < -0.4 is 0 Å². The summed E-state index contributed by atoms with van der Waals surface area (Å²) >= 11 is 0. The number of nitrogens with zero attached hydrogens (tertiary/aromatic N) is 1. The van der Waals surface area contributed by atoms with Gasteiger partial charge in [-0.3, -0.25) is 0 Å². The molecule has 143 valence electrons. The molecular weight excluding hydrogens is 372 g/mol. The van der Waals surface area contributed by atoms with Gasteiger partial charge < -0.3 is 4.84 Å². The van der Waals surface area contributed by atoms with E-state index in [1.54, 1.807) is 13.8 Å². The average molecular weight is 386 g/mol. The van der Waals surface area contributed by atoms with Crippen molar-refractivity contribution < 1.29 is 31.2 Å². The molecule has 1 unspecified atom stereocenters. The summed E-state index contributed by atoms with van der Waals surface area (Å²) in [6, 6.07) is 9.33. The third-order valence-corrected chi connectivity index (χ3v) is 4.34. The lowest BCUT2D eigenvalue weighted by Crippen LogP contribution is -2.42. The molecule has 2 nitrogen and oxygen atoms in total. The van der Waals surface area contributed by atoms with Gasteiger partial charge in [-0.15, -0.1) is 0 Å². The maximum absolute atomic E-state index is 13.9. The highest BCUT2D eigenvalue weighted by Gasteiger charge is 2.62. The number of hydrogen-bond donors (Lipinski definition) is 0. The minimum atomic E-state index is -4.77. The van der Waals surface area contributed by atoms with Gasteiger partial charge in [-0.05, 0) is 48.7 Å². The van der Waals surface area contributed by atoms with Crippen LogP contribution in [0, 0.1) is 19.9 Å². The molecule has 0 saturated heterocycles. The Hall–Kier alpha value is -2.51. The van der Waals surface area contributed by atoms with Crippen molar-refractivity contribution in [2.75, 3.05) is 0 Å². The van der Waals surface area contributed by atoms with Crippen molar-refractivity contribution in [3.05, 3.63) is 70.3 Å². The zero-order valence-corrected chi connectivity index (χ0v) is 14.3. The van der Waals surface area contributed by atoms with E-state index in [-0.39, 0.29) is 16.8 Å². The second kappa shape index (κ2) is 6.28. The van der Waals surface area contributed by atoms with E-state index in [0.29, 0.717) is 11.1 Å². The van der Waals surface area contributed by atoms with Gasteiger partial charge in [-0.1, -0.05) is 29.4 Å². The highest BCUT2D eigenvalue weighted by Crippen LogP contribution is 2.49. The van der Waals surface area contributed by atoms with Gasteiger partial charge in [-0.25, -0.2) is 0 Å². The molecule has 1 aliphatic rings. The summed E-state index contributed by atoms with van der Waals surface area (Å²) in [7, 11) is 0. The average Bonchev–Trinajstić information content (AvgIpc) is 3.00. The van der Waals surface area contributed by atoms with E-state index < -0.39 is 29.9 Å². The number of halogens is 6. The van der Waals surface area contributed by atoms with Crippen LogP contribution in [0.5, 0.6) is 0 Å². The number of benzene rings is 2. The lowest BCUT2D eigenvalue weighted by atomic mass is 9.85. The molecule has 1 aliphatic heterocycles. The minimum Gasteiger partial charge on any atom is -0.374 e. The van der Waals surface area contributed by atoms with Crippen LogP contribution in [-0.2, 0) is 16.6 Å². The van der Waals surface area contributed by atoms with Crippen molar-refractivity contribution in [2.45, 2.75) is 38.2 Å². The van der Waals surface area contributed by atoms with Gasteiger partial charge in [0.1, 0.15) is 0 Å². The first-order valence-electron chi connectivity index (χ1n) is 7.93. The summed E-state index contributed by atoms with van der Waals surface area (Å²) in [4.78, 5) is 4.89. The Bertz CT molecular complexity index is 862. The molecule has 2 aromatic carbocycles. The standard InChI is InChI=1S/C19H14F6NO/c1-11-7-12(2)9-15(8-11)17(19(23,24)25)10-16(26-27-17)13-3-5-14(6-4-13)18(20,21)22/h3-6,8-9H,10H2,1-2H3. The summed E-state index contributed by atoms with van der Waals surface area (Å²) in [5.41, 5.74) is -2.59. The van der Waals surface area contributed by atoms with Crippen molar-refractivity contribution >= 4 is 5.71 Å². The predicted molar refractivity (Wildman–Crippen MR) is 86.2 cm³/mol. The van der Waals surface area contributed by atoms with Gasteiger partial charge in [0.15, 0.2) is 0 Å². The fourth-order valence-corrected chi connectivity index (χ4v) is 3.03. The van der Waals surface area contributed by atoms with Crippen LogP contribution in [0.1, 0.15) is 34.2 Å². The van der Waals surface area contributed by atoms with E-state index in [1.165, 1.54) is 12.1 Å². The quantitative estimate of drug-likeness (QED) is 0.607. The molecule has 0 N–H and O–H groups in total. The van der Waals surface area contributed by atoms with E-state index in [9.17, 15) is 26.3 Å². The summed E-state index contributed by atoms with van der Waals surface area (Å²) in [6.07, 6.45) is -9.94. The zero-order valence-electron chi connectivity index (χ0n) is 14.3. The van der Waals surface area contributed by atoms with Crippen LogP contribution in [0.25, 0.3) is 0 Å². The monoisotopic (exact) mass is 386 g/mol. The highest BCUT2D eigenvalue weighted by atomic mass is 19.4. The smallest absolute Gasteiger partial charge is 0.374 e. The van der Waals surface area contributed by atoms with Crippen LogP contribution in [0.15, 0.2) is 41.6 Å². The third-order valence-electron chi connectivity index (χ3n) is 4.34. The maximum Gasteiger partial charge on any atom is 0.435 e. The number of aryl methyl sites for hydroxylation is 2. The molecule has 1 atom stereocenters. The van der Waals surface area contributed by atoms with Crippen LogP contribution >= 0.6 is 0 Å². The second-order valence-electron chi connectivity index (χ2n) is 6.44. The van der Waals surface area contributed by atoms with Crippen LogP contribution in [0.4, 0.5) is 26.3 Å². The van der Waals surface area contributed by atoms with E-state index in [2.05, 4.69) is 11.2 Å². The molecule has 1 radical (unpaired) electrons. The van der Waals surface area contributed by atoms with Crippen LogP contribution in [-0.4, -0.2) is 11.9 Å². The summed E-state index contributed by atoms with van der Waals surface area (Å²) in [5.74, 6) is 0. The molecule has 0 bridgehead atoms. The molecule has 8 heteroatoms. The number of rotatable bonds is 2. The Kier molecular flexibility index (Phi) is 4.48. The van der Waals surface area contributed by atoms with Gasteiger partial charge in [-0.2, -0.15) is 26.3 Å². The third kappa shape index (κ3) is 3.52. The van der Waals surface area contributed by atoms with Gasteiger partial charge in [0.05, 0.1) is 11.3 Å². The highest BCUT2D eigenvalue weighted by molar-refractivity contribution is 6.01. The Labute approximate surface area is 151 Å². The summed E-state index contributed by atoms with van der Waals surface area (Å²) in [5, 5.41) is 3.56. The molecule has 1 heterocycles. The Morgan fingerprint density at radius 1 is 0.963 bits per heavy atom. The van der Waals surface area contributed by atoms with E-state index >= 15 is 0 Å². The fraction of sp³-hybridized carbons (Fsp3) is 0.316. The first-order chi connectivity index (χ1) is 12.4. The van der Waals surface area contributed by atoms with Crippen molar-refractivity contribution in [3.63, 3.8) is 0 Å². The number of alkyl halides is 6. The van der Waals surface area contributed by atoms with Gasteiger partial charge in [0.25, 0.3) is 5.60 Å². The lowest BCUT2D eigenvalue weighted by Gasteiger charge is -2.30. The second-order valence-corrected chi connectivity index (χ2v) is 6.44. The summed E-state index contributed by atoms with van der Waals surface area (Å²) < 4.78 is 79.8. The first-order valence-corrected chi connectivity index (χ1v) is 7.93. The Morgan fingerprint density at radius 2 is 1.52 bits per heavy atom. The summed E-state index contributed by atoms with van der Waals surface area (Å²) in [6.45, 7) is 3.24.